The monoisotopic (exact) mass is 236 g/mol. The van der Waals surface area contributed by atoms with Crippen LogP contribution in [0.3, 0.4) is 0 Å². The van der Waals surface area contributed by atoms with Gasteiger partial charge in [-0.15, -0.1) is 0 Å². The summed E-state index contributed by atoms with van der Waals surface area (Å²) < 4.78 is 0. The zero-order valence-corrected chi connectivity index (χ0v) is 10.1. The second-order valence-electron chi connectivity index (χ2n) is 3.97. The number of carboxylic acid groups (broad SMARTS) is 1. The maximum absolute atomic E-state index is 11.7. The Kier molecular flexibility index (Phi) is 4.09. The number of benzene rings is 1. The van der Waals surface area contributed by atoms with E-state index in [1.54, 1.807) is 24.3 Å². The molecule has 1 aromatic carbocycles. The second-order valence-corrected chi connectivity index (χ2v) is 3.97. The summed E-state index contributed by atoms with van der Waals surface area (Å²) in [7, 11) is 3.81. The van der Waals surface area contributed by atoms with Gasteiger partial charge in [0.2, 0.25) is 0 Å². The van der Waals surface area contributed by atoms with Gasteiger partial charge in [-0.2, -0.15) is 0 Å². The van der Waals surface area contributed by atoms with Gasteiger partial charge in [-0.3, -0.25) is 9.59 Å². The average Bonchev–Trinajstić information content (AvgIpc) is 2.28. The molecule has 17 heavy (non-hydrogen) atoms. The molecule has 1 aromatic rings. The molecule has 2 N–H and O–H groups in total. The summed E-state index contributed by atoms with van der Waals surface area (Å²) in [5, 5.41) is 11.1. The fourth-order valence-corrected chi connectivity index (χ4v) is 1.25. The maximum atomic E-state index is 11.7. The number of hydrogen-bond acceptors (Lipinski definition) is 3. The van der Waals surface area contributed by atoms with E-state index in [4.69, 9.17) is 5.11 Å². The molecule has 0 saturated heterocycles. The maximum Gasteiger partial charge on any atom is 0.325 e. The van der Waals surface area contributed by atoms with E-state index in [0.717, 1.165) is 5.69 Å². The van der Waals surface area contributed by atoms with Crippen LogP contribution in [0, 0.1) is 0 Å². The summed E-state index contributed by atoms with van der Waals surface area (Å²) in [6.45, 7) is 1.43. The van der Waals surface area contributed by atoms with E-state index in [2.05, 4.69) is 5.32 Å². The largest absolute Gasteiger partial charge is 0.480 e. The number of carboxylic acids is 1. The van der Waals surface area contributed by atoms with Crippen LogP contribution in [0.5, 0.6) is 0 Å². The molecule has 1 amide bonds. The third-order valence-corrected chi connectivity index (χ3v) is 2.36. The van der Waals surface area contributed by atoms with Crippen LogP contribution in [0.1, 0.15) is 17.3 Å². The minimum Gasteiger partial charge on any atom is -0.480 e. The Balaban J connectivity index is 2.73. The first kappa shape index (κ1) is 13.0. The van der Waals surface area contributed by atoms with E-state index in [0.29, 0.717) is 5.56 Å². The smallest absolute Gasteiger partial charge is 0.325 e. The molecule has 0 fully saturated rings. The van der Waals surface area contributed by atoms with Gasteiger partial charge in [0.15, 0.2) is 0 Å². The Bertz CT molecular complexity index is 412. The van der Waals surface area contributed by atoms with Crippen LogP contribution in [0.2, 0.25) is 0 Å². The van der Waals surface area contributed by atoms with Gasteiger partial charge in [-0.1, -0.05) is 0 Å². The van der Waals surface area contributed by atoms with Crippen LogP contribution in [0.15, 0.2) is 24.3 Å². The van der Waals surface area contributed by atoms with Gasteiger partial charge >= 0.3 is 5.97 Å². The van der Waals surface area contributed by atoms with Gasteiger partial charge in [-0.05, 0) is 31.2 Å². The Morgan fingerprint density at radius 3 is 2.18 bits per heavy atom. The van der Waals surface area contributed by atoms with Crippen molar-refractivity contribution < 1.29 is 14.7 Å². The Labute approximate surface area is 100 Å². The molecule has 0 unspecified atom stereocenters. The Morgan fingerprint density at radius 1 is 1.24 bits per heavy atom. The molecule has 0 aromatic heterocycles. The SMILES string of the molecule is C[C@H](NC(=O)c1ccc(N(C)C)cc1)C(=O)O. The van der Waals surface area contributed by atoms with Gasteiger partial charge in [0.1, 0.15) is 6.04 Å². The molecule has 5 nitrogen and oxygen atoms in total. The molecule has 0 spiro atoms. The van der Waals surface area contributed by atoms with Crippen LogP contribution in [-0.4, -0.2) is 37.1 Å². The van der Waals surface area contributed by atoms with Crippen LogP contribution in [0.25, 0.3) is 0 Å². The highest BCUT2D eigenvalue weighted by Crippen LogP contribution is 2.12. The molecule has 0 bridgehead atoms. The van der Waals surface area contributed by atoms with Crippen molar-refractivity contribution in [3.8, 4) is 0 Å². The van der Waals surface area contributed by atoms with E-state index < -0.39 is 12.0 Å². The van der Waals surface area contributed by atoms with Gasteiger partial charge in [0.05, 0.1) is 0 Å². The quantitative estimate of drug-likeness (QED) is 0.816. The van der Waals surface area contributed by atoms with Crippen LogP contribution in [0.4, 0.5) is 5.69 Å². The van der Waals surface area contributed by atoms with Crippen molar-refractivity contribution in [2.24, 2.45) is 0 Å². The topological polar surface area (TPSA) is 69.6 Å². The number of aliphatic carboxylic acids is 1. The number of carbonyl (C=O) groups excluding carboxylic acids is 1. The summed E-state index contributed by atoms with van der Waals surface area (Å²) in [6.07, 6.45) is 0. The first-order valence-electron chi connectivity index (χ1n) is 5.23. The van der Waals surface area contributed by atoms with Gasteiger partial charge < -0.3 is 15.3 Å². The minimum atomic E-state index is -1.05. The lowest BCUT2D eigenvalue weighted by Crippen LogP contribution is -2.38. The molecule has 0 heterocycles. The molecule has 0 saturated carbocycles. The van der Waals surface area contributed by atoms with Crippen LogP contribution in [-0.2, 0) is 4.79 Å². The van der Waals surface area contributed by atoms with Gasteiger partial charge in [0.25, 0.3) is 5.91 Å². The van der Waals surface area contributed by atoms with Gasteiger partial charge in [-0.25, -0.2) is 0 Å². The Hall–Kier alpha value is -2.04. The first-order valence-corrected chi connectivity index (χ1v) is 5.23. The highest BCUT2D eigenvalue weighted by Gasteiger charge is 2.14. The summed E-state index contributed by atoms with van der Waals surface area (Å²) in [5.41, 5.74) is 1.43. The molecular weight excluding hydrogens is 220 g/mol. The molecule has 0 aliphatic heterocycles. The fraction of sp³-hybridized carbons (Fsp3) is 0.333. The molecule has 1 rings (SSSR count). The zero-order chi connectivity index (χ0) is 13.0. The standard InChI is InChI=1S/C12H16N2O3/c1-8(12(16)17)13-11(15)9-4-6-10(7-5-9)14(2)3/h4-8H,1-3H3,(H,13,15)(H,16,17)/t8-/m0/s1. The third-order valence-electron chi connectivity index (χ3n) is 2.36. The highest BCUT2D eigenvalue weighted by molar-refractivity contribution is 5.96. The number of nitrogens with one attached hydrogen (secondary N) is 1. The number of carbonyl (C=O) groups is 2. The van der Waals surface area contributed by atoms with Crippen molar-refractivity contribution in [3.63, 3.8) is 0 Å². The summed E-state index contributed by atoms with van der Waals surface area (Å²) >= 11 is 0. The average molecular weight is 236 g/mol. The van der Waals surface area contributed by atoms with Crippen molar-refractivity contribution in [3.05, 3.63) is 29.8 Å². The number of hydrogen-bond donors (Lipinski definition) is 2. The number of amides is 1. The predicted molar refractivity (Wildman–Crippen MR) is 65.3 cm³/mol. The van der Waals surface area contributed by atoms with E-state index in [-0.39, 0.29) is 5.91 Å². The lowest BCUT2D eigenvalue weighted by Gasteiger charge is -2.13. The lowest BCUT2D eigenvalue weighted by molar-refractivity contribution is -0.138. The zero-order valence-electron chi connectivity index (χ0n) is 10.1. The van der Waals surface area contributed by atoms with Crippen LogP contribution < -0.4 is 10.2 Å². The van der Waals surface area contributed by atoms with Crippen molar-refractivity contribution in [1.82, 2.24) is 5.32 Å². The molecule has 1 atom stereocenters. The first-order chi connectivity index (χ1) is 7.91. The fourth-order valence-electron chi connectivity index (χ4n) is 1.25. The summed E-state index contributed by atoms with van der Waals surface area (Å²) in [4.78, 5) is 24.2. The van der Waals surface area contributed by atoms with E-state index in [1.807, 2.05) is 19.0 Å². The van der Waals surface area contributed by atoms with Crippen molar-refractivity contribution in [2.75, 3.05) is 19.0 Å². The second kappa shape index (κ2) is 5.34. The molecule has 0 aliphatic carbocycles. The van der Waals surface area contributed by atoms with Crippen molar-refractivity contribution >= 4 is 17.6 Å². The molecule has 5 heteroatoms. The molecule has 92 valence electrons. The minimum absolute atomic E-state index is 0.384. The van der Waals surface area contributed by atoms with Crippen LogP contribution >= 0.6 is 0 Å². The van der Waals surface area contributed by atoms with Crippen molar-refractivity contribution in [1.29, 1.82) is 0 Å². The summed E-state index contributed by atoms with van der Waals surface area (Å²) in [5.74, 6) is -1.44. The number of anilines is 1. The van der Waals surface area contributed by atoms with Gasteiger partial charge in [0, 0.05) is 25.3 Å². The third kappa shape index (κ3) is 3.48. The Morgan fingerprint density at radius 2 is 1.76 bits per heavy atom. The number of nitrogens with zero attached hydrogens (tertiary/aromatic N) is 1. The van der Waals surface area contributed by atoms with Crippen molar-refractivity contribution in [2.45, 2.75) is 13.0 Å². The molecule has 0 radical (unpaired) electrons. The van der Waals surface area contributed by atoms with E-state index in [9.17, 15) is 9.59 Å². The normalized spacial score (nSPS) is 11.7. The summed E-state index contributed by atoms with van der Waals surface area (Å²) in [6, 6.07) is 6.05. The highest BCUT2D eigenvalue weighted by atomic mass is 16.4. The lowest BCUT2D eigenvalue weighted by atomic mass is 10.1. The predicted octanol–water partition coefficient (Wildman–Crippen LogP) is 0.956. The van der Waals surface area contributed by atoms with E-state index in [1.165, 1.54) is 6.92 Å². The number of rotatable bonds is 4. The molecule has 0 aliphatic rings. The molecular formula is C12H16N2O3. The van der Waals surface area contributed by atoms with E-state index >= 15 is 0 Å².